The summed E-state index contributed by atoms with van der Waals surface area (Å²) in [6.45, 7) is 6.57. The molecule has 0 radical (unpaired) electrons. The van der Waals surface area contributed by atoms with Gasteiger partial charge in [-0.3, -0.25) is 0 Å². The molecule has 2 nitrogen and oxygen atoms in total. The van der Waals surface area contributed by atoms with E-state index in [0.29, 0.717) is 11.6 Å². The van der Waals surface area contributed by atoms with E-state index in [1.807, 2.05) is 6.07 Å². The zero-order chi connectivity index (χ0) is 14.1. The van der Waals surface area contributed by atoms with Crippen LogP contribution < -0.4 is 5.32 Å². The van der Waals surface area contributed by atoms with Crippen molar-refractivity contribution in [3.05, 3.63) is 30.1 Å². The Kier molecular flexibility index (Phi) is 3.54. The highest BCUT2D eigenvalue weighted by atomic mass is 19.1. The quantitative estimate of drug-likeness (QED) is 0.858. The minimum atomic E-state index is -0.588. The van der Waals surface area contributed by atoms with Crippen LogP contribution in [-0.4, -0.2) is 5.54 Å². The maximum atomic E-state index is 13.3. The van der Waals surface area contributed by atoms with Gasteiger partial charge in [0.2, 0.25) is 0 Å². The first kappa shape index (κ1) is 13.9. The molecule has 1 fully saturated rings. The summed E-state index contributed by atoms with van der Waals surface area (Å²) in [5.41, 5.74) is 0.231. The van der Waals surface area contributed by atoms with Gasteiger partial charge in [0.25, 0.3) is 0 Å². The molecule has 0 aliphatic heterocycles. The number of nitrogens with one attached hydrogen (secondary N) is 1. The second-order valence-corrected chi connectivity index (χ2v) is 6.68. The van der Waals surface area contributed by atoms with Crippen molar-refractivity contribution >= 4 is 5.69 Å². The van der Waals surface area contributed by atoms with Crippen molar-refractivity contribution in [3.63, 3.8) is 0 Å². The molecule has 102 valence electrons. The lowest BCUT2D eigenvalue weighted by Gasteiger charge is -2.44. The van der Waals surface area contributed by atoms with Gasteiger partial charge in [0.15, 0.2) is 0 Å². The molecule has 2 unspecified atom stereocenters. The van der Waals surface area contributed by atoms with E-state index in [-0.39, 0.29) is 11.2 Å². The maximum absolute atomic E-state index is 13.3. The summed E-state index contributed by atoms with van der Waals surface area (Å²) in [7, 11) is 0. The molecule has 1 aromatic carbocycles. The van der Waals surface area contributed by atoms with Crippen molar-refractivity contribution in [2.24, 2.45) is 11.3 Å². The lowest BCUT2D eigenvalue weighted by Crippen LogP contribution is -2.46. The molecule has 0 aromatic heterocycles. The lowest BCUT2D eigenvalue weighted by atomic mass is 9.64. The van der Waals surface area contributed by atoms with E-state index in [0.717, 1.165) is 19.3 Å². The zero-order valence-corrected chi connectivity index (χ0v) is 11.8. The number of nitrogens with zero attached hydrogens (tertiary/aromatic N) is 1. The first-order valence-corrected chi connectivity index (χ1v) is 6.79. The monoisotopic (exact) mass is 260 g/mol. The fraction of sp³-hybridized carbons (Fsp3) is 0.562. The van der Waals surface area contributed by atoms with E-state index < -0.39 is 5.54 Å². The minimum Gasteiger partial charge on any atom is -0.367 e. The predicted molar refractivity (Wildman–Crippen MR) is 75.2 cm³/mol. The maximum Gasteiger partial charge on any atom is 0.126 e. The average molecular weight is 260 g/mol. The number of halogens is 1. The number of rotatable bonds is 2. The van der Waals surface area contributed by atoms with Gasteiger partial charge in [0.05, 0.1) is 6.07 Å². The van der Waals surface area contributed by atoms with Crippen molar-refractivity contribution in [2.75, 3.05) is 5.32 Å². The zero-order valence-electron chi connectivity index (χ0n) is 11.8. The van der Waals surface area contributed by atoms with Crippen LogP contribution in [0.2, 0.25) is 0 Å². The van der Waals surface area contributed by atoms with E-state index in [4.69, 9.17) is 0 Å². The summed E-state index contributed by atoms with van der Waals surface area (Å²) in [6, 6.07) is 8.78. The van der Waals surface area contributed by atoms with Gasteiger partial charge < -0.3 is 5.32 Å². The highest BCUT2D eigenvalue weighted by Gasteiger charge is 2.43. The van der Waals surface area contributed by atoms with Crippen molar-refractivity contribution in [1.82, 2.24) is 0 Å². The molecule has 19 heavy (non-hydrogen) atoms. The van der Waals surface area contributed by atoms with Crippen molar-refractivity contribution in [3.8, 4) is 6.07 Å². The highest BCUT2D eigenvalue weighted by molar-refractivity contribution is 5.48. The number of hydrogen-bond donors (Lipinski definition) is 1. The van der Waals surface area contributed by atoms with Crippen molar-refractivity contribution < 1.29 is 4.39 Å². The smallest absolute Gasteiger partial charge is 0.126 e. The summed E-state index contributed by atoms with van der Waals surface area (Å²) in [5.74, 6) is 0.214. The van der Waals surface area contributed by atoms with Gasteiger partial charge in [-0.15, -0.1) is 0 Å². The fourth-order valence-electron chi connectivity index (χ4n) is 3.62. The minimum absolute atomic E-state index is 0.133. The van der Waals surface area contributed by atoms with Gasteiger partial charge in [-0.05, 0) is 48.8 Å². The first-order valence-electron chi connectivity index (χ1n) is 6.79. The van der Waals surface area contributed by atoms with Gasteiger partial charge in [-0.25, -0.2) is 4.39 Å². The van der Waals surface area contributed by atoms with Crippen molar-refractivity contribution in [1.29, 1.82) is 5.26 Å². The number of anilines is 1. The highest BCUT2D eigenvalue weighted by Crippen LogP contribution is 2.45. The molecule has 0 spiro atoms. The molecular formula is C16H21FN2. The van der Waals surface area contributed by atoms with Gasteiger partial charge in [0, 0.05) is 5.69 Å². The molecule has 0 amide bonds. The number of hydrogen-bond acceptors (Lipinski definition) is 2. The summed E-state index contributed by atoms with van der Waals surface area (Å²) in [4.78, 5) is 0. The van der Waals surface area contributed by atoms with Gasteiger partial charge >= 0.3 is 0 Å². The van der Waals surface area contributed by atoms with Gasteiger partial charge in [-0.1, -0.05) is 26.8 Å². The summed E-state index contributed by atoms with van der Waals surface area (Å²) >= 11 is 0. The summed E-state index contributed by atoms with van der Waals surface area (Å²) < 4.78 is 13.3. The van der Waals surface area contributed by atoms with Crippen LogP contribution in [0.25, 0.3) is 0 Å². The number of benzene rings is 1. The first-order chi connectivity index (χ1) is 8.84. The van der Waals surface area contributed by atoms with E-state index in [1.54, 1.807) is 6.07 Å². The Morgan fingerprint density at radius 2 is 2.11 bits per heavy atom. The van der Waals surface area contributed by atoms with Crippen LogP contribution in [0.15, 0.2) is 24.3 Å². The van der Waals surface area contributed by atoms with Crippen LogP contribution in [0, 0.1) is 28.5 Å². The predicted octanol–water partition coefficient (Wildman–Crippen LogP) is 4.35. The second-order valence-electron chi connectivity index (χ2n) is 6.68. The SMILES string of the molecule is CC1CC(C)(C)CC(C#N)(Nc2cccc(F)c2)C1. The third kappa shape index (κ3) is 3.26. The van der Waals surface area contributed by atoms with Crippen LogP contribution in [0.3, 0.4) is 0 Å². The van der Waals surface area contributed by atoms with E-state index >= 15 is 0 Å². The largest absolute Gasteiger partial charge is 0.367 e. The fourth-order valence-corrected chi connectivity index (χ4v) is 3.62. The molecule has 1 saturated carbocycles. The normalized spacial score (nSPS) is 29.5. The Balaban J connectivity index is 2.26. The molecule has 1 aliphatic carbocycles. The van der Waals surface area contributed by atoms with Gasteiger partial charge in [-0.2, -0.15) is 5.26 Å². The molecule has 2 atom stereocenters. The lowest BCUT2D eigenvalue weighted by molar-refractivity contribution is 0.149. The Bertz CT molecular complexity index is 504. The van der Waals surface area contributed by atoms with Crippen LogP contribution >= 0.6 is 0 Å². The average Bonchev–Trinajstić information content (AvgIpc) is 2.26. The molecule has 1 N–H and O–H groups in total. The molecule has 0 saturated heterocycles. The summed E-state index contributed by atoms with van der Waals surface area (Å²) in [5, 5.41) is 12.9. The Morgan fingerprint density at radius 3 is 2.68 bits per heavy atom. The third-order valence-electron chi connectivity index (χ3n) is 3.80. The van der Waals surface area contributed by atoms with Crippen molar-refractivity contribution in [2.45, 2.75) is 45.6 Å². The molecule has 0 heterocycles. The molecular weight excluding hydrogens is 239 g/mol. The van der Waals surface area contributed by atoms with E-state index in [2.05, 4.69) is 32.2 Å². The number of nitriles is 1. The van der Waals surface area contributed by atoms with Crippen LogP contribution in [0.5, 0.6) is 0 Å². The molecule has 3 heteroatoms. The Morgan fingerprint density at radius 1 is 1.37 bits per heavy atom. The van der Waals surface area contributed by atoms with E-state index in [9.17, 15) is 9.65 Å². The van der Waals surface area contributed by atoms with Crippen LogP contribution in [-0.2, 0) is 0 Å². The van der Waals surface area contributed by atoms with Gasteiger partial charge in [0.1, 0.15) is 11.4 Å². The Labute approximate surface area is 114 Å². The Hall–Kier alpha value is -1.56. The molecule has 1 aromatic rings. The third-order valence-corrected chi connectivity index (χ3v) is 3.80. The topological polar surface area (TPSA) is 35.8 Å². The standard InChI is InChI=1S/C16H21FN2/c1-12-8-15(2,3)10-16(9-12,11-18)19-14-6-4-5-13(17)7-14/h4-7,12,19H,8-10H2,1-3H3. The van der Waals surface area contributed by atoms with Crippen LogP contribution in [0.1, 0.15) is 40.0 Å². The molecule has 1 aliphatic rings. The molecule has 0 bridgehead atoms. The van der Waals surface area contributed by atoms with E-state index in [1.165, 1.54) is 12.1 Å². The second kappa shape index (κ2) is 4.85. The summed E-state index contributed by atoms with van der Waals surface area (Å²) in [6.07, 6.45) is 2.72. The molecule has 2 rings (SSSR count). The van der Waals surface area contributed by atoms with Crippen LogP contribution in [0.4, 0.5) is 10.1 Å².